The summed E-state index contributed by atoms with van der Waals surface area (Å²) in [4.78, 5) is 17.1. The first-order valence-electron chi connectivity index (χ1n) is 8.91. The Hall–Kier alpha value is -1.97. The summed E-state index contributed by atoms with van der Waals surface area (Å²) in [7, 11) is -1.61. The van der Waals surface area contributed by atoms with E-state index in [0.717, 1.165) is 32.6 Å². The number of likely N-dealkylation sites (tertiary alicyclic amines) is 1. The van der Waals surface area contributed by atoms with Crippen molar-refractivity contribution in [3.05, 3.63) is 29.8 Å². The Morgan fingerprint density at radius 2 is 1.88 bits per heavy atom. The zero-order valence-electron chi connectivity index (χ0n) is 14.8. The number of amidine groups is 1. The standard InChI is InChI=1S/C17H23N5O3S/c1-20-9-11-21(12-10-20)18-17(23)14-6-4-8-22(14)16-13-5-2-3-7-15(13)26(24,25)19-16/h2-3,5,7,14H,4,6,8-12H2,1H3,(H,18,23)/t14-/m0/s1. The third kappa shape index (κ3) is 3.10. The van der Waals surface area contributed by atoms with E-state index in [4.69, 9.17) is 0 Å². The van der Waals surface area contributed by atoms with Crippen LogP contribution in [0, 0.1) is 0 Å². The molecule has 1 atom stereocenters. The van der Waals surface area contributed by atoms with Gasteiger partial charge in [-0.2, -0.15) is 8.42 Å². The molecule has 3 aliphatic heterocycles. The molecule has 1 aromatic rings. The van der Waals surface area contributed by atoms with Crippen molar-refractivity contribution in [3.63, 3.8) is 0 Å². The molecule has 0 saturated carbocycles. The molecular weight excluding hydrogens is 354 g/mol. The van der Waals surface area contributed by atoms with E-state index in [0.29, 0.717) is 24.4 Å². The van der Waals surface area contributed by atoms with E-state index in [9.17, 15) is 13.2 Å². The lowest BCUT2D eigenvalue weighted by Crippen LogP contribution is -2.56. The second-order valence-electron chi connectivity index (χ2n) is 7.00. The first kappa shape index (κ1) is 17.4. The zero-order valence-corrected chi connectivity index (χ0v) is 15.6. The van der Waals surface area contributed by atoms with Crippen LogP contribution in [0.25, 0.3) is 0 Å². The fourth-order valence-electron chi connectivity index (χ4n) is 3.74. The van der Waals surface area contributed by atoms with Crippen molar-refractivity contribution in [3.8, 4) is 0 Å². The van der Waals surface area contributed by atoms with Crippen molar-refractivity contribution in [2.75, 3.05) is 39.8 Å². The van der Waals surface area contributed by atoms with Crippen LogP contribution in [-0.4, -0.2) is 80.8 Å². The number of nitrogens with zero attached hydrogens (tertiary/aromatic N) is 4. The summed E-state index contributed by atoms with van der Waals surface area (Å²) < 4.78 is 28.6. The van der Waals surface area contributed by atoms with E-state index in [1.54, 1.807) is 24.3 Å². The number of hydrogen-bond donors (Lipinski definition) is 1. The Kier molecular flexibility index (Phi) is 4.45. The molecule has 2 saturated heterocycles. The smallest absolute Gasteiger partial charge is 0.285 e. The van der Waals surface area contributed by atoms with Crippen molar-refractivity contribution in [1.82, 2.24) is 20.2 Å². The molecule has 1 N–H and O–H groups in total. The van der Waals surface area contributed by atoms with Gasteiger partial charge in [-0.1, -0.05) is 12.1 Å². The van der Waals surface area contributed by atoms with Crippen LogP contribution in [0.1, 0.15) is 18.4 Å². The predicted octanol–water partition coefficient (Wildman–Crippen LogP) is -0.121. The van der Waals surface area contributed by atoms with E-state index >= 15 is 0 Å². The molecule has 140 valence electrons. The number of carbonyl (C=O) groups is 1. The average Bonchev–Trinajstić information content (AvgIpc) is 3.20. The number of piperazine rings is 1. The number of fused-ring (bicyclic) bond motifs is 1. The lowest BCUT2D eigenvalue weighted by molar-refractivity contribution is -0.130. The van der Waals surface area contributed by atoms with Gasteiger partial charge >= 0.3 is 0 Å². The molecule has 0 aliphatic carbocycles. The molecule has 4 rings (SSSR count). The number of likely N-dealkylation sites (N-methyl/N-ethyl adjacent to an activating group) is 1. The van der Waals surface area contributed by atoms with Crippen LogP contribution in [-0.2, 0) is 14.8 Å². The number of hydrazine groups is 1. The molecule has 3 aliphatic rings. The van der Waals surface area contributed by atoms with Gasteiger partial charge in [0, 0.05) is 38.3 Å². The van der Waals surface area contributed by atoms with E-state index in [-0.39, 0.29) is 10.8 Å². The van der Waals surface area contributed by atoms with Crippen LogP contribution in [0.4, 0.5) is 0 Å². The predicted molar refractivity (Wildman–Crippen MR) is 97.1 cm³/mol. The van der Waals surface area contributed by atoms with Crippen molar-refractivity contribution in [2.24, 2.45) is 4.40 Å². The normalized spacial score (nSPS) is 25.8. The zero-order chi connectivity index (χ0) is 18.3. The maximum absolute atomic E-state index is 12.8. The topological polar surface area (TPSA) is 85.3 Å². The molecule has 0 unspecified atom stereocenters. The van der Waals surface area contributed by atoms with Crippen LogP contribution in [0.15, 0.2) is 33.6 Å². The van der Waals surface area contributed by atoms with Crippen LogP contribution in [0.5, 0.6) is 0 Å². The lowest BCUT2D eigenvalue weighted by atomic mass is 10.1. The van der Waals surface area contributed by atoms with Crippen molar-refractivity contribution >= 4 is 21.8 Å². The van der Waals surface area contributed by atoms with Gasteiger partial charge in [-0.15, -0.1) is 4.40 Å². The second-order valence-corrected chi connectivity index (χ2v) is 8.58. The van der Waals surface area contributed by atoms with Gasteiger partial charge < -0.3 is 9.80 Å². The van der Waals surface area contributed by atoms with Gasteiger partial charge in [0.15, 0.2) is 5.84 Å². The van der Waals surface area contributed by atoms with Gasteiger partial charge in [0.2, 0.25) is 0 Å². The van der Waals surface area contributed by atoms with Crippen LogP contribution in [0.2, 0.25) is 0 Å². The van der Waals surface area contributed by atoms with E-state index in [2.05, 4.69) is 21.8 Å². The summed E-state index contributed by atoms with van der Waals surface area (Å²) in [6.07, 6.45) is 1.53. The Labute approximate surface area is 153 Å². The van der Waals surface area contributed by atoms with Crippen LogP contribution in [0.3, 0.4) is 0 Å². The molecule has 1 aromatic carbocycles. The van der Waals surface area contributed by atoms with Crippen molar-refractivity contribution < 1.29 is 13.2 Å². The van der Waals surface area contributed by atoms with Crippen LogP contribution < -0.4 is 5.43 Å². The molecule has 0 aromatic heterocycles. The summed E-state index contributed by atoms with van der Waals surface area (Å²) in [6.45, 7) is 4.02. The number of hydrogen-bond acceptors (Lipinski definition) is 6. The van der Waals surface area contributed by atoms with Gasteiger partial charge in [-0.3, -0.25) is 10.2 Å². The average molecular weight is 377 g/mol. The third-order valence-corrected chi connectivity index (χ3v) is 6.54. The van der Waals surface area contributed by atoms with Gasteiger partial charge in [0.25, 0.3) is 15.9 Å². The number of nitrogens with one attached hydrogen (secondary N) is 1. The minimum atomic E-state index is -3.68. The van der Waals surface area contributed by atoms with Gasteiger partial charge in [0.05, 0.1) is 0 Å². The van der Waals surface area contributed by atoms with Gasteiger partial charge in [-0.05, 0) is 32.0 Å². The summed E-state index contributed by atoms with van der Waals surface area (Å²) in [5.74, 6) is 0.313. The number of amides is 1. The lowest BCUT2D eigenvalue weighted by Gasteiger charge is -2.34. The number of sulfonamides is 1. The minimum absolute atomic E-state index is 0.0865. The molecule has 3 heterocycles. The van der Waals surface area contributed by atoms with Crippen molar-refractivity contribution in [1.29, 1.82) is 0 Å². The molecule has 0 spiro atoms. The highest BCUT2D eigenvalue weighted by Gasteiger charge is 2.39. The monoisotopic (exact) mass is 377 g/mol. The first-order chi connectivity index (χ1) is 12.5. The molecular formula is C17H23N5O3S. The highest BCUT2D eigenvalue weighted by molar-refractivity contribution is 7.90. The summed E-state index contributed by atoms with van der Waals surface area (Å²) in [5, 5.41) is 1.94. The Balaban J connectivity index is 1.53. The highest BCUT2D eigenvalue weighted by atomic mass is 32.2. The maximum Gasteiger partial charge on any atom is 0.285 e. The molecule has 8 nitrogen and oxygen atoms in total. The van der Waals surface area contributed by atoms with E-state index < -0.39 is 16.1 Å². The molecule has 2 fully saturated rings. The van der Waals surface area contributed by atoms with Gasteiger partial charge in [0.1, 0.15) is 10.9 Å². The van der Waals surface area contributed by atoms with Crippen LogP contribution >= 0.6 is 0 Å². The van der Waals surface area contributed by atoms with E-state index in [1.165, 1.54) is 0 Å². The van der Waals surface area contributed by atoms with Crippen molar-refractivity contribution in [2.45, 2.75) is 23.8 Å². The third-order valence-electron chi connectivity index (χ3n) is 5.21. The second kappa shape index (κ2) is 6.64. The minimum Gasteiger partial charge on any atom is -0.343 e. The highest BCUT2D eigenvalue weighted by Crippen LogP contribution is 2.31. The fourth-order valence-corrected chi connectivity index (χ4v) is 4.95. The maximum atomic E-state index is 12.8. The largest absolute Gasteiger partial charge is 0.343 e. The number of rotatable bonds is 2. The quantitative estimate of drug-likeness (QED) is 0.773. The summed E-state index contributed by atoms with van der Waals surface area (Å²) in [6, 6.07) is 6.42. The van der Waals surface area contributed by atoms with Gasteiger partial charge in [-0.25, -0.2) is 5.01 Å². The molecule has 1 amide bonds. The van der Waals surface area contributed by atoms with E-state index in [1.807, 2.05) is 9.91 Å². The summed E-state index contributed by atoms with van der Waals surface area (Å²) >= 11 is 0. The number of carbonyl (C=O) groups excluding carboxylic acids is 1. The number of benzene rings is 1. The fraction of sp³-hybridized carbons (Fsp3) is 0.529. The molecule has 9 heteroatoms. The first-order valence-corrected chi connectivity index (χ1v) is 10.3. The SMILES string of the molecule is CN1CCN(NC(=O)[C@@H]2CCCN2C2=NS(=O)(=O)c3ccccc32)CC1. The Morgan fingerprint density at radius 3 is 2.65 bits per heavy atom. The Morgan fingerprint density at radius 1 is 1.15 bits per heavy atom. The summed E-state index contributed by atoms with van der Waals surface area (Å²) in [5.41, 5.74) is 3.59. The molecule has 0 bridgehead atoms. The molecule has 0 radical (unpaired) electrons. The molecule has 26 heavy (non-hydrogen) atoms. The Bertz CT molecular complexity index is 846.